The number of hydrogen-bond donors (Lipinski definition) is 2. The van der Waals surface area contributed by atoms with Crippen LogP contribution in [0.1, 0.15) is 28.9 Å². The van der Waals surface area contributed by atoms with Crippen LogP contribution in [0.2, 0.25) is 0 Å². The van der Waals surface area contributed by atoms with Crippen LogP contribution in [0.15, 0.2) is 53.3 Å². The Hall–Kier alpha value is -3.73. The van der Waals surface area contributed by atoms with Crippen molar-refractivity contribution < 1.29 is 32.0 Å². The first-order valence-electron chi connectivity index (χ1n) is 9.63. The number of carbonyl (C=O) groups is 2. The molecule has 0 spiro atoms. The predicted octanol–water partition coefficient (Wildman–Crippen LogP) is 4.13. The number of benzene rings is 1. The summed E-state index contributed by atoms with van der Waals surface area (Å²) < 4.78 is 51.2. The Morgan fingerprint density at radius 1 is 1.12 bits per heavy atom. The fourth-order valence-electron chi connectivity index (χ4n) is 3.19. The first-order valence-corrected chi connectivity index (χ1v) is 9.63. The Labute approximate surface area is 179 Å². The van der Waals surface area contributed by atoms with Gasteiger partial charge in [0.15, 0.2) is 11.5 Å². The zero-order valence-corrected chi connectivity index (χ0v) is 16.5. The number of pyridine rings is 1. The SMILES string of the molecule is O=C(Nc1ccc(NC(=O)C2CCCO2)cc1C(F)(F)F)c1cc(-c2cccnc2)on1. The number of amides is 2. The Kier molecular flexibility index (Phi) is 5.91. The smallest absolute Gasteiger partial charge is 0.368 e. The van der Waals surface area contributed by atoms with E-state index < -0.39 is 35.3 Å². The Balaban J connectivity index is 1.53. The van der Waals surface area contributed by atoms with Crippen LogP contribution in [0.4, 0.5) is 24.5 Å². The van der Waals surface area contributed by atoms with E-state index >= 15 is 0 Å². The molecule has 1 fully saturated rings. The van der Waals surface area contributed by atoms with E-state index in [1.165, 1.54) is 18.3 Å². The quantitative estimate of drug-likeness (QED) is 0.611. The van der Waals surface area contributed by atoms with Gasteiger partial charge in [0.05, 0.1) is 11.3 Å². The molecule has 11 heteroatoms. The van der Waals surface area contributed by atoms with Gasteiger partial charge in [-0.1, -0.05) is 5.16 Å². The van der Waals surface area contributed by atoms with Gasteiger partial charge in [0.25, 0.3) is 11.8 Å². The van der Waals surface area contributed by atoms with Gasteiger partial charge < -0.3 is 19.9 Å². The first-order chi connectivity index (χ1) is 15.3. The van der Waals surface area contributed by atoms with Crippen molar-refractivity contribution in [1.82, 2.24) is 10.1 Å². The summed E-state index contributed by atoms with van der Waals surface area (Å²) in [6.07, 6.45) is -1.21. The highest BCUT2D eigenvalue weighted by Crippen LogP contribution is 2.37. The van der Waals surface area contributed by atoms with Crippen molar-refractivity contribution in [3.63, 3.8) is 0 Å². The third-order valence-electron chi connectivity index (χ3n) is 4.75. The first kappa shape index (κ1) is 21.5. The van der Waals surface area contributed by atoms with E-state index in [4.69, 9.17) is 9.26 Å². The van der Waals surface area contributed by atoms with Crippen molar-refractivity contribution in [1.29, 1.82) is 0 Å². The van der Waals surface area contributed by atoms with Gasteiger partial charge in [-0.2, -0.15) is 13.2 Å². The Morgan fingerprint density at radius 2 is 1.97 bits per heavy atom. The number of rotatable bonds is 5. The van der Waals surface area contributed by atoms with E-state index in [2.05, 4.69) is 20.8 Å². The van der Waals surface area contributed by atoms with Gasteiger partial charge in [-0.05, 0) is 43.2 Å². The van der Waals surface area contributed by atoms with Crippen molar-refractivity contribution in [3.05, 3.63) is 60.0 Å². The number of ether oxygens (including phenoxy) is 1. The van der Waals surface area contributed by atoms with Crippen molar-refractivity contribution in [2.24, 2.45) is 0 Å². The zero-order chi connectivity index (χ0) is 22.7. The maximum atomic E-state index is 13.6. The molecule has 1 unspecified atom stereocenters. The van der Waals surface area contributed by atoms with E-state index in [1.807, 2.05) is 0 Å². The van der Waals surface area contributed by atoms with Gasteiger partial charge in [0.2, 0.25) is 0 Å². The average Bonchev–Trinajstić information content (AvgIpc) is 3.47. The van der Waals surface area contributed by atoms with Crippen LogP contribution in [-0.2, 0) is 15.7 Å². The van der Waals surface area contributed by atoms with Crippen LogP contribution in [0.3, 0.4) is 0 Å². The summed E-state index contributed by atoms with van der Waals surface area (Å²) in [4.78, 5) is 28.5. The topological polar surface area (TPSA) is 106 Å². The molecule has 2 N–H and O–H groups in total. The van der Waals surface area contributed by atoms with Gasteiger partial charge in [-0.15, -0.1) is 0 Å². The molecular weight excluding hydrogens is 429 g/mol. The number of nitrogens with one attached hydrogen (secondary N) is 2. The largest absolute Gasteiger partial charge is 0.418 e. The second-order valence-corrected chi connectivity index (χ2v) is 7.02. The van der Waals surface area contributed by atoms with Gasteiger partial charge in [-0.3, -0.25) is 14.6 Å². The van der Waals surface area contributed by atoms with Crippen molar-refractivity contribution >= 4 is 23.2 Å². The predicted molar refractivity (Wildman–Crippen MR) is 107 cm³/mol. The molecule has 2 amide bonds. The number of carbonyl (C=O) groups excluding carboxylic acids is 2. The number of halogens is 3. The second-order valence-electron chi connectivity index (χ2n) is 7.02. The Bertz CT molecular complexity index is 1130. The lowest BCUT2D eigenvalue weighted by molar-refractivity contribution is -0.137. The van der Waals surface area contributed by atoms with Crippen LogP contribution in [0, 0.1) is 0 Å². The fourth-order valence-corrected chi connectivity index (χ4v) is 3.19. The zero-order valence-electron chi connectivity index (χ0n) is 16.5. The van der Waals surface area contributed by atoms with E-state index in [9.17, 15) is 22.8 Å². The summed E-state index contributed by atoms with van der Waals surface area (Å²) in [7, 11) is 0. The van der Waals surface area contributed by atoms with Crippen molar-refractivity contribution in [2.75, 3.05) is 17.2 Å². The number of aromatic nitrogens is 2. The molecule has 0 bridgehead atoms. The molecule has 3 heterocycles. The van der Waals surface area contributed by atoms with Gasteiger partial charge in [0.1, 0.15) is 6.10 Å². The van der Waals surface area contributed by atoms with Crippen LogP contribution < -0.4 is 10.6 Å². The molecule has 1 atom stereocenters. The van der Waals surface area contributed by atoms with E-state index in [-0.39, 0.29) is 17.1 Å². The molecule has 1 aromatic carbocycles. The highest BCUT2D eigenvalue weighted by Gasteiger charge is 2.35. The molecule has 1 saturated heterocycles. The molecule has 1 aliphatic heterocycles. The minimum Gasteiger partial charge on any atom is -0.368 e. The fraction of sp³-hybridized carbons (Fsp3) is 0.238. The normalized spacial score (nSPS) is 16.0. The minimum atomic E-state index is -4.78. The summed E-state index contributed by atoms with van der Waals surface area (Å²) in [5.41, 5.74) is -1.30. The highest BCUT2D eigenvalue weighted by molar-refractivity contribution is 6.04. The third kappa shape index (κ3) is 4.78. The number of hydrogen-bond acceptors (Lipinski definition) is 6. The van der Waals surface area contributed by atoms with Crippen LogP contribution in [-0.4, -0.2) is 34.7 Å². The Morgan fingerprint density at radius 3 is 2.66 bits per heavy atom. The third-order valence-corrected chi connectivity index (χ3v) is 4.75. The molecular formula is C21H17F3N4O4. The van der Waals surface area contributed by atoms with Crippen LogP contribution >= 0.6 is 0 Å². The lowest BCUT2D eigenvalue weighted by Crippen LogP contribution is -2.27. The van der Waals surface area contributed by atoms with Crippen LogP contribution in [0.5, 0.6) is 0 Å². The number of alkyl halides is 3. The molecule has 4 rings (SSSR count). The molecule has 32 heavy (non-hydrogen) atoms. The second kappa shape index (κ2) is 8.79. The number of anilines is 2. The lowest BCUT2D eigenvalue weighted by atomic mass is 10.1. The molecule has 166 valence electrons. The van der Waals surface area contributed by atoms with E-state index in [1.54, 1.807) is 18.3 Å². The summed E-state index contributed by atoms with van der Waals surface area (Å²) in [6.45, 7) is 0.432. The van der Waals surface area contributed by atoms with Gasteiger partial charge >= 0.3 is 6.18 Å². The van der Waals surface area contributed by atoms with E-state index in [0.29, 0.717) is 25.0 Å². The average molecular weight is 446 g/mol. The summed E-state index contributed by atoms with van der Waals surface area (Å²) in [6, 6.07) is 7.73. The molecule has 2 aromatic heterocycles. The van der Waals surface area contributed by atoms with Gasteiger partial charge in [-0.25, -0.2) is 0 Å². The highest BCUT2D eigenvalue weighted by atomic mass is 19.4. The maximum Gasteiger partial charge on any atom is 0.418 e. The molecule has 0 saturated carbocycles. The molecule has 8 nitrogen and oxygen atoms in total. The summed E-state index contributed by atoms with van der Waals surface area (Å²) in [5.74, 6) is -1.16. The molecule has 1 aliphatic rings. The minimum absolute atomic E-state index is 0.0591. The maximum absolute atomic E-state index is 13.6. The standard InChI is InChI=1S/C21H17F3N4O4/c22-21(23,24)14-9-13(26-20(30)17-4-2-8-31-17)5-6-15(14)27-19(29)16-10-18(32-28-16)12-3-1-7-25-11-12/h1,3,5-7,9-11,17H,2,4,8H2,(H,26,30)(H,27,29). The summed E-state index contributed by atoms with van der Waals surface area (Å²) in [5, 5.41) is 8.23. The van der Waals surface area contributed by atoms with E-state index in [0.717, 1.165) is 12.1 Å². The molecule has 0 radical (unpaired) electrons. The molecule has 3 aromatic rings. The number of nitrogens with zero attached hydrogens (tertiary/aromatic N) is 2. The van der Waals surface area contributed by atoms with Crippen LogP contribution in [0.25, 0.3) is 11.3 Å². The molecule has 0 aliphatic carbocycles. The van der Waals surface area contributed by atoms with Crippen molar-refractivity contribution in [2.45, 2.75) is 25.1 Å². The summed E-state index contributed by atoms with van der Waals surface area (Å²) >= 11 is 0. The monoisotopic (exact) mass is 446 g/mol. The van der Waals surface area contributed by atoms with Crippen molar-refractivity contribution in [3.8, 4) is 11.3 Å². The van der Waals surface area contributed by atoms with Gasteiger partial charge in [0, 0.05) is 36.3 Å². The lowest BCUT2D eigenvalue weighted by Gasteiger charge is -2.16.